The maximum Gasteiger partial charge on any atom is 0.355 e. The molecular weight excluding hydrogens is 190 g/mol. The van der Waals surface area contributed by atoms with Crippen molar-refractivity contribution in [3.63, 3.8) is 0 Å². The van der Waals surface area contributed by atoms with E-state index in [1.54, 1.807) is 18.3 Å². The van der Waals surface area contributed by atoms with Gasteiger partial charge in [-0.05, 0) is 38.8 Å². The molecule has 3 heteroatoms. The number of nitrogens with one attached hydrogen (secondary N) is 1. The number of rotatable bonds is 5. The summed E-state index contributed by atoms with van der Waals surface area (Å²) in [6.07, 6.45) is 4.81. The summed E-state index contributed by atoms with van der Waals surface area (Å²) in [6, 6.07) is 3.51. The highest BCUT2D eigenvalue weighted by Crippen LogP contribution is 2.19. The molecule has 0 spiro atoms. The van der Waals surface area contributed by atoms with Crippen molar-refractivity contribution in [2.45, 2.75) is 45.6 Å². The Morgan fingerprint density at radius 2 is 2.27 bits per heavy atom. The van der Waals surface area contributed by atoms with E-state index in [-0.39, 0.29) is 11.6 Å². The van der Waals surface area contributed by atoms with Gasteiger partial charge in [0.15, 0.2) is 0 Å². The molecule has 0 aromatic carbocycles. The van der Waals surface area contributed by atoms with Crippen LogP contribution in [0, 0.1) is 0 Å². The minimum absolute atomic E-state index is 0.277. The van der Waals surface area contributed by atoms with Crippen LogP contribution in [-0.4, -0.2) is 16.6 Å². The van der Waals surface area contributed by atoms with Crippen LogP contribution < -0.4 is 0 Å². The summed E-state index contributed by atoms with van der Waals surface area (Å²) < 4.78 is 5.41. The molecule has 0 unspecified atom stereocenters. The summed E-state index contributed by atoms with van der Waals surface area (Å²) in [5.74, 6) is -0.277. The van der Waals surface area contributed by atoms with Crippen molar-refractivity contribution in [3.05, 3.63) is 24.0 Å². The highest BCUT2D eigenvalue weighted by Gasteiger charge is 2.23. The molecule has 0 bridgehead atoms. The van der Waals surface area contributed by atoms with E-state index in [4.69, 9.17) is 4.74 Å². The lowest BCUT2D eigenvalue weighted by Gasteiger charge is -2.24. The zero-order chi connectivity index (χ0) is 11.3. The van der Waals surface area contributed by atoms with Crippen LogP contribution in [0.3, 0.4) is 0 Å². The lowest BCUT2D eigenvalue weighted by atomic mass is 10.0. The van der Waals surface area contributed by atoms with Crippen LogP contribution >= 0.6 is 0 Å². The number of aromatic amines is 1. The molecule has 0 saturated carbocycles. The number of esters is 1. The molecule has 3 nitrogen and oxygen atoms in total. The van der Waals surface area contributed by atoms with Crippen LogP contribution in [0.1, 0.15) is 50.5 Å². The molecule has 1 aromatic rings. The summed E-state index contributed by atoms with van der Waals surface area (Å²) in [6.45, 7) is 6.02. The fourth-order valence-corrected chi connectivity index (χ4v) is 1.42. The molecule has 0 aliphatic heterocycles. The Kier molecular flexibility index (Phi) is 3.95. The number of hydrogen-bond donors (Lipinski definition) is 1. The normalized spacial score (nSPS) is 11.4. The van der Waals surface area contributed by atoms with Gasteiger partial charge in [0, 0.05) is 6.20 Å². The molecular formula is C12H19NO2. The van der Waals surface area contributed by atoms with Crippen LogP contribution in [0.25, 0.3) is 0 Å². The first-order valence-corrected chi connectivity index (χ1v) is 5.42. The maximum atomic E-state index is 11.6. The van der Waals surface area contributed by atoms with Crippen molar-refractivity contribution in [1.82, 2.24) is 4.98 Å². The molecule has 0 radical (unpaired) electrons. The summed E-state index contributed by atoms with van der Waals surface area (Å²) in [7, 11) is 0. The zero-order valence-electron chi connectivity index (χ0n) is 9.67. The number of H-pyrrole nitrogens is 1. The largest absolute Gasteiger partial charge is 0.455 e. The summed E-state index contributed by atoms with van der Waals surface area (Å²) in [5.41, 5.74) is 0.137. The average Bonchev–Trinajstić information content (AvgIpc) is 2.67. The Morgan fingerprint density at radius 3 is 2.80 bits per heavy atom. The van der Waals surface area contributed by atoms with E-state index < -0.39 is 0 Å². The van der Waals surface area contributed by atoms with Gasteiger partial charge in [0.2, 0.25) is 0 Å². The topological polar surface area (TPSA) is 42.1 Å². The smallest absolute Gasteiger partial charge is 0.355 e. The second-order valence-electron chi connectivity index (χ2n) is 4.34. The Bertz CT molecular complexity index is 301. The summed E-state index contributed by atoms with van der Waals surface area (Å²) in [5, 5.41) is 0. The van der Waals surface area contributed by atoms with Crippen molar-refractivity contribution >= 4 is 5.97 Å². The number of aromatic nitrogens is 1. The first-order valence-electron chi connectivity index (χ1n) is 5.42. The van der Waals surface area contributed by atoms with Crippen molar-refractivity contribution in [2.75, 3.05) is 0 Å². The van der Waals surface area contributed by atoms with Gasteiger partial charge in [-0.1, -0.05) is 13.3 Å². The van der Waals surface area contributed by atoms with Crippen LogP contribution in [0.2, 0.25) is 0 Å². The predicted molar refractivity (Wildman–Crippen MR) is 59.8 cm³/mol. The first kappa shape index (κ1) is 11.8. The van der Waals surface area contributed by atoms with E-state index in [1.807, 2.05) is 13.8 Å². The van der Waals surface area contributed by atoms with Gasteiger partial charge >= 0.3 is 5.97 Å². The molecule has 1 aromatic heterocycles. The molecule has 15 heavy (non-hydrogen) atoms. The van der Waals surface area contributed by atoms with Gasteiger partial charge in [-0.25, -0.2) is 4.79 Å². The highest BCUT2D eigenvalue weighted by molar-refractivity contribution is 5.87. The first-order chi connectivity index (χ1) is 7.05. The molecule has 1 heterocycles. The van der Waals surface area contributed by atoms with Crippen LogP contribution in [0.15, 0.2) is 18.3 Å². The lowest BCUT2D eigenvalue weighted by Crippen LogP contribution is -2.28. The SMILES string of the molecule is CCCCC(C)(C)OC(=O)c1ccc[nH]1. The number of ether oxygens (including phenoxy) is 1. The number of carbonyl (C=O) groups is 1. The Morgan fingerprint density at radius 1 is 1.53 bits per heavy atom. The monoisotopic (exact) mass is 209 g/mol. The fraction of sp³-hybridized carbons (Fsp3) is 0.583. The maximum absolute atomic E-state index is 11.6. The third-order valence-electron chi connectivity index (χ3n) is 2.32. The van der Waals surface area contributed by atoms with Gasteiger partial charge < -0.3 is 9.72 Å². The highest BCUT2D eigenvalue weighted by atomic mass is 16.6. The zero-order valence-corrected chi connectivity index (χ0v) is 9.67. The van der Waals surface area contributed by atoms with Crippen LogP contribution in [-0.2, 0) is 4.74 Å². The van der Waals surface area contributed by atoms with Crippen LogP contribution in [0.5, 0.6) is 0 Å². The minimum Gasteiger partial charge on any atom is -0.455 e. The van der Waals surface area contributed by atoms with E-state index in [2.05, 4.69) is 11.9 Å². The minimum atomic E-state index is -0.377. The standard InChI is InChI=1S/C12H19NO2/c1-4-5-8-12(2,3)15-11(14)10-7-6-9-13-10/h6-7,9,13H,4-5,8H2,1-3H3. The predicted octanol–water partition coefficient (Wildman–Crippen LogP) is 3.14. The number of hydrogen-bond acceptors (Lipinski definition) is 2. The average molecular weight is 209 g/mol. The quantitative estimate of drug-likeness (QED) is 0.757. The van der Waals surface area contributed by atoms with E-state index in [0.29, 0.717) is 5.69 Å². The summed E-state index contributed by atoms with van der Waals surface area (Å²) >= 11 is 0. The second-order valence-corrected chi connectivity index (χ2v) is 4.34. The third-order valence-corrected chi connectivity index (χ3v) is 2.32. The summed E-state index contributed by atoms with van der Waals surface area (Å²) in [4.78, 5) is 14.5. The van der Waals surface area contributed by atoms with Crippen molar-refractivity contribution in [1.29, 1.82) is 0 Å². The fourth-order valence-electron chi connectivity index (χ4n) is 1.42. The van der Waals surface area contributed by atoms with E-state index in [0.717, 1.165) is 19.3 Å². The van der Waals surface area contributed by atoms with E-state index in [1.165, 1.54) is 0 Å². The van der Waals surface area contributed by atoms with Gasteiger partial charge in [0.25, 0.3) is 0 Å². The molecule has 0 amide bonds. The Balaban J connectivity index is 2.50. The number of carbonyl (C=O) groups excluding carboxylic acids is 1. The van der Waals surface area contributed by atoms with Gasteiger partial charge in [0.1, 0.15) is 11.3 Å². The Hall–Kier alpha value is -1.25. The molecule has 1 rings (SSSR count). The third kappa shape index (κ3) is 3.78. The molecule has 0 aliphatic carbocycles. The molecule has 84 valence electrons. The van der Waals surface area contributed by atoms with Gasteiger partial charge in [0.05, 0.1) is 0 Å². The van der Waals surface area contributed by atoms with Crippen molar-refractivity contribution < 1.29 is 9.53 Å². The van der Waals surface area contributed by atoms with Gasteiger partial charge in [-0.3, -0.25) is 0 Å². The van der Waals surface area contributed by atoms with Gasteiger partial charge in [-0.15, -0.1) is 0 Å². The van der Waals surface area contributed by atoms with E-state index in [9.17, 15) is 4.79 Å². The Labute approximate surface area is 90.8 Å². The lowest BCUT2D eigenvalue weighted by molar-refractivity contribution is -0.00587. The second kappa shape index (κ2) is 5.01. The van der Waals surface area contributed by atoms with E-state index >= 15 is 0 Å². The molecule has 1 N–H and O–H groups in total. The van der Waals surface area contributed by atoms with Gasteiger partial charge in [-0.2, -0.15) is 0 Å². The molecule has 0 atom stereocenters. The number of unbranched alkanes of at least 4 members (excludes halogenated alkanes) is 1. The van der Waals surface area contributed by atoms with Crippen molar-refractivity contribution in [3.8, 4) is 0 Å². The van der Waals surface area contributed by atoms with Crippen molar-refractivity contribution in [2.24, 2.45) is 0 Å². The molecule has 0 aliphatic rings. The van der Waals surface area contributed by atoms with Crippen LogP contribution in [0.4, 0.5) is 0 Å². The molecule has 0 fully saturated rings. The molecule has 0 saturated heterocycles.